The van der Waals surface area contributed by atoms with Crippen molar-refractivity contribution in [1.29, 1.82) is 0 Å². The van der Waals surface area contributed by atoms with Crippen LogP contribution in [0, 0.1) is 45.3 Å². The summed E-state index contributed by atoms with van der Waals surface area (Å²) in [5, 5.41) is 39.6. The van der Waals surface area contributed by atoms with Crippen LogP contribution in [0.15, 0.2) is 83.6 Å². The van der Waals surface area contributed by atoms with E-state index in [4.69, 9.17) is 61.7 Å². The molecule has 10 fully saturated rings. The van der Waals surface area contributed by atoms with Crippen molar-refractivity contribution in [2.24, 2.45) is 50.4 Å². The fraction of sp³-hybridized carbons (Fsp3) is 0.788. The molecular weight excluding hydrogens is 1110 g/mol. The number of aliphatic hydroxyl groups is 3. The highest BCUT2D eigenvalue weighted by Crippen LogP contribution is 2.72. The Kier molecular flexibility index (Phi) is 16.4. The van der Waals surface area contributed by atoms with Gasteiger partial charge in [0.25, 0.3) is 13.0 Å². The molecule has 0 spiro atoms. The van der Waals surface area contributed by atoms with Gasteiger partial charge in [0.15, 0.2) is 12.6 Å². The summed E-state index contributed by atoms with van der Waals surface area (Å²) >= 11 is 0. The van der Waals surface area contributed by atoms with E-state index in [0.29, 0.717) is 25.0 Å². The van der Waals surface area contributed by atoms with Crippen molar-refractivity contribution in [2.75, 3.05) is 13.2 Å². The molecule has 20 heteroatoms. The maximum Gasteiger partial charge on any atom is 0.335 e. The number of azide groups is 1. The lowest BCUT2D eigenvalue weighted by atomic mass is 9.45. The van der Waals surface area contributed by atoms with Gasteiger partial charge < -0.3 is 71.5 Å². The third kappa shape index (κ3) is 9.91. The number of fused-ring (bicyclic) bond motifs is 12. The fourth-order valence-electron chi connectivity index (χ4n) is 20.1. The van der Waals surface area contributed by atoms with Crippen molar-refractivity contribution >= 4 is 0 Å². The van der Waals surface area contributed by atoms with E-state index in [0.717, 1.165) is 114 Å². The largest absolute Gasteiger partial charge is 0.431 e. The number of hydrogen-bond donors (Lipinski definition) is 3. The molecule has 8 aliphatic carbocycles. The molecule has 6 saturated carbocycles. The van der Waals surface area contributed by atoms with Gasteiger partial charge in [-0.2, -0.15) is 0 Å². The monoisotopic (exact) mass is 1200 g/mol. The molecule has 0 amide bonds. The van der Waals surface area contributed by atoms with Gasteiger partial charge in [0.1, 0.15) is 30.5 Å². The molecule has 0 aromatic carbocycles. The highest BCUT2D eigenvalue weighted by atomic mass is 16.9. The molecule has 26 atom stereocenters. The van der Waals surface area contributed by atoms with Crippen LogP contribution < -0.4 is 11.3 Å². The summed E-state index contributed by atoms with van der Waals surface area (Å²) in [7, 11) is 0. The summed E-state index contributed by atoms with van der Waals surface area (Å²) in [4.78, 5) is 26.2. The van der Waals surface area contributed by atoms with E-state index in [9.17, 15) is 24.9 Å². The highest BCUT2D eigenvalue weighted by molar-refractivity contribution is 5.33. The lowest BCUT2D eigenvalue weighted by Crippen LogP contribution is -2.60. The number of allylic oxidation sites excluding steroid dienone is 2. The lowest BCUT2D eigenvalue weighted by Gasteiger charge is -2.62. The molecular formula is C66H91N3O17. The van der Waals surface area contributed by atoms with E-state index in [-0.39, 0.29) is 68.8 Å². The van der Waals surface area contributed by atoms with Crippen molar-refractivity contribution in [3.8, 4) is 0 Å². The van der Waals surface area contributed by atoms with Crippen LogP contribution >= 0.6 is 0 Å². The van der Waals surface area contributed by atoms with Gasteiger partial charge in [0.05, 0.1) is 54.2 Å². The van der Waals surface area contributed by atoms with Crippen molar-refractivity contribution in [3.05, 3.63) is 103 Å². The quantitative estimate of drug-likeness (QED) is 0.0817. The van der Waals surface area contributed by atoms with Crippen LogP contribution in [0.1, 0.15) is 181 Å². The van der Waals surface area contributed by atoms with Gasteiger partial charge in [-0.3, -0.25) is 0 Å². The van der Waals surface area contributed by atoms with Crippen LogP contribution in [-0.4, -0.2) is 126 Å². The van der Waals surface area contributed by atoms with Crippen molar-refractivity contribution in [3.63, 3.8) is 0 Å². The van der Waals surface area contributed by atoms with Gasteiger partial charge in [-0.05, 0) is 206 Å². The minimum atomic E-state index is -0.854. The second kappa shape index (κ2) is 23.1. The Balaban J connectivity index is 0.000000160. The van der Waals surface area contributed by atoms with E-state index < -0.39 is 85.5 Å². The molecule has 0 bridgehead atoms. The molecule has 4 aliphatic heterocycles. The predicted molar refractivity (Wildman–Crippen MR) is 309 cm³/mol. The van der Waals surface area contributed by atoms with Gasteiger partial charge in [0, 0.05) is 41.1 Å². The van der Waals surface area contributed by atoms with E-state index in [2.05, 4.69) is 49.9 Å². The summed E-state index contributed by atoms with van der Waals surface area (Å²) in [5.74, 6) is 1.63. The van der Waals surface area contributed by atoms with Gasteiger partial charge in [-0.1, -0.05) is 56.1 Å². The molecule has 0 radical (unpaired) electrons. The third-order valence-electron chi connectivity index (χ3n) is 24.8. The van der Waals surface area contributed by atoms with E-state index in [1.54, 1.807) is 12.5 Å². The van der Waals surface area contributed by atoms with Gasteiger partial charge in [-0.25, -0.2) is 9.59 Å². The van der Waals surface area contributed by atoms with E-state index in [1.165, 1.54) is 23.3 Å². The average Bonchev–Trinajstić information content (AvgIpc) is 1.37. The number of ether oxygens (including phenoxy) is 10. The Morgan fingerprint density at radius 1 is 0.570 bits per heavy atom. The van der Waals surface area contributed by atoms with Crippen LogP contribution in [0.4, 0.5) is 0 Å². The Labute approximate surface area is 503 Å². The smallest absolute Gasteiger partial charge is 0.335 e. The third-order valence-corrected chi connectivity index (χ3v) is 24.8. The average molecular weight is 1200 g/mol. The van der Waals surface area contributed by atoms with Gasteiger partial charge in [0.2, 0.25) is 0 Å². The Morgan fingerprint density at radius 3 is 1.48 bits per heavy atom. The minimum Gasteiger partial charge on any atom is -0.431 e. The Hall–Kier alpha value is -3.83. The lowest BCUT2D eigenvalue weighted by molar-refractivity contribution is -0.285. The molecule has 14 rings (SSSR count). The molecule has 2 aromatic heterocycles. The number of hydrogen-bond acceptors (Lipinski definition) is 18. The first-order valence-electron chi connectivity index (χ1n) is 32.4. The molecule has 12 aliphatic rings. The first kappa shape index (κ1) is 61.0. The Morgan fingerprint density at radius 2 is 1.02 bits per heavy atom. The zero-order chi connectivity index (χ0) is 60.3. The molecule has 20 nitrogen and oxygen atoms in total. The first-order valence-corrected chi connectivity index (χ1v) is 32.4. The molecule has 86 heavy (non-hydrogen) atoms. The molecule has 472 valence electrons. The topological polar surface area (TPSA) is 262 Å². The maximum absolute atomic E-state index is 12.5. The SMILES string of the molecule is CCOC1OC2[C@@H](N=[N+]=[N-])[C@H](C)O[C@@H](O[C@@H]3C=C4CCC5C(CC[C@]6(C)[C@@H](c7ccc(=O)oc7)CC[C@]56O)[C@@]4(C)CC3)[C@@H]2O1.CCOC1O[C@@H]2[C@H](O)[C@H](C)O[C@@H](O[C@@H]3C=C4CCC5C(CC[C@]6(C)[C@@H](c7ccc(=O)oc7)CC[C@]56O)[C@@]4(C)CC3)[C@@H]2O1. The molecule has 6 heterocycles. The summed E-state index contributed by atoms with van der Waals surface area (Å²) in [6.45, 7) is 16.0. The predicted octanol–water partition coefficient (Wildman–Crippen LogP) is 10.1. The molecule has 4 saturated heterocycles. The van der Waals surface area contributed by atoms with E-state index in [1.807, 2.05) is 39.8 Å². The van der Waals surface area contributed by atoms with Crippen LogP contribution in [0.2, 0.25) is 0 Å². The first-order chi connectivity index (χ1) is 41.2. The minimum absolute atomic E-state index is 0.000346. The zero-order valence-corrected chi connectivity index (χ0v) is 51.3. The highest BCUT2D eigenvalue weighted by Gasteiger charge is 2.69. The second-order valence-corrected chi connectivity index (χ2v) is 28.4. The van der Waals surface area contributed by atoms with Gasteiger partial charge in [-0.15, -0.1) is 0 Å². The van der Waals surface area contributed by atoms with Crippen molar-refractivity contribution in [2.45, 2.75) is 268 Å². The molecule has 3 N–H and O–H groups in total. The normalized spacial score (nSPS) is 48.9. The zero-order valence-electron chi connectivity index (χ0n) is 51.3. The summed E-state index contributed by atoms with van der Waals surface area (Å²) < 4.78 is 70.9. The number of aliphatic hydroxyl groups excluding tert-OH is 1. The van der Waals surface area contributed by atoms with Gasteiger partial charge >= 0.3 is 11.3 Å². The van der Waals surface area contributed by atoms with Crippen LogP contribution in [-0.2, 0) is 47.4 Å². The van der Waals surface area contributed by atoms with Crippen LogP contribution in [0.3, 0.4) is 0 Å². The van der Waals surface area contributed by atoms with Crippen LogP contribution in [0.5, 0.6) is 0 Å². The Bertz CT molecular complexity index is 3020. The molecule has 2 aromatic rings. The fourth-order valence-corrected chi connectivity index (χ4v) is 20.1. The standard InChI is InChI=1S/C33H45N3O8.C33H46O9/c1-5-39-30-43-27-26(35-36-34)18(2)41-29(28(27)44-30)42-21-10-13-31(3)20(16-21)7-8-24-23(31)11-14-32(4)22(12-15-33(24,32)38)19-6-9-25(37)40-17-19;1-5-37-30-41-27-26(35)18(2)39-29(28(27)42-30)40-21-10-13-31(3)20(16-21)7-8-24-23(31)11-14-32(4)22(12-15-33(24,32)36)19-6-9-25(34)38-17-19/h6,9,16-18,21-24,26-30,38H,5,7-8,10-15H2,1-4H3;6,9,16-18,21-24,26-30,35-36H,5,7-8,10-15H2,1-4H3/t18-,21-,22+,23?,24?,26-,27?,28+,29-,30?,31-,32+,33-;18-,21-,22+,23?,24?,26+,27+,28+,29-,30?,31-,32+,33-/m00/s1. The number of rotatable bonds is 11. The van der Waals surface area contributed by atoms with Crippen molar-refractivity contribution < 1.29 is 71.5 Å². The number of nitrogens with zero attached hydrogens (tertiary/aromatic N) is 3. The maximum atomic E-state index is 12.5. The van der Waals surface area contributed by atoms with Crippen molar-refractivity contribution in [1.82, 2.24) is 0 Å². The van der Waals surface area contributed by atoms with Crippen LogP contribution in [0.25, 0.3) is 10.4 Å². The summed E-state index contributed by atoms with van der Waals surface area (Å²) in [6, 6.07) is 6.24. The second-order valence-electron chi connectivity index (χ2n) is 28.4. The summed E-state index contributed by atoms with van der Waals surface area (Å²) in [6.07, 6.45) is 17.2. The molecule has 7 unspecified atom stereocenters. The van der Waals surface area contributed by atoms with E-state index >= 15 is 0 Å². The summed E-state index contributed by atoms with van der Waals surface area (Å²) in [5.41, 5.74) is 11.4.